The van der Waals surface area contributed by atoms with Gasteiger partial charge in [0.25, 0.3) is 0 Å². The molecule has 8 heteroatoms. The highest BCUT2D eigenvalue weighted by molar-refractivity contribution is 7.89. The van der Waals surface area contributed by atoms with Crippen LogP contribution >= 0.6 is 0 Å². The van der Waals surface area contributed by atoms with Gasteiger partial charge in [-0.3, -0.25) is 4.79 Å². The van der Waals surface area contributed by atoms with Crippen LogP contribution in [0.25, 0.3) is 0 Å². The standard InChI is InChI=1S/C19H24N2O5S/c1-13(15-8-6-5-7-9-15)20-19(22)14(2)21-27(23,24)16-10-11-17(25-3)18(12-16)26-4/h5-14,21H,1-4H3,(H,20,22)/t13-,14-/m1/s1. The van der Waals surface area contributed by atoms with Gasteiger partial charge in [0.1, 0.15) is 0 Å². The second-order valence-corrected chi connectivity index (χ2v) is 7.71. The Bertz CT molecular complexity index is 884. The lowest BCUT2D eigenvalue weighted by atomic mass is 10.1. The fourth-order valence-electron chi connectivity index (χ4n) is 2.50. The van der Waals surface area contributed by atoms with Gasteiger partial charge in [0, 0.05) is 6.07 Å². The summed E-state index contributed by atoms with van der Waals surface area (Å²) in [7, 11) is -1.03. The smallest absolute Gasteiger partial charge is 0.241 e. The second-order valence-electron chi connectivity index (χ2n) is 6.00. The number of nitrogens with one attached hydrogen (secondary N) is 2. The van der Waals surface area contributed by atoms with Crippen molar-refractivity contribution >= 4 is 15.9 Å². The van der Waals surface area contributed by atoms with Crippen molar-refractivity contribution in [2.75, 3.05) is 14.2 Å². The molecule has 0 radical (unpaired) electrons. The third-order valence-corrected chi connectivity index (χ3v) is 5.59. The Morgan fingerprint density at radius 3 is 2.19 bits per heavy atom. The molecule has 0 fully saturated rings. The molecule has 2 rings (SSSR count). The van der Waals surface area contributed by atoms with E-state index < -0.39 is 22.0 Å². The lowest BCUT2D eigenvalue weighted by molar-refractivity contribution is -0.123. The van der Waals surface area contributed by atoms with Gasteiger partial charge in [0.05, 0.1) is 31.2 Å². The van der Waals surface area contributed by atoms with Crippen molar-refractivity contribution in [2.24, 2.45) is 0 Å². The Balaban J connectivity index is 2.09. The fraction of sp³-hybridized carbons (Fsp3) is 0.316. The summed E-state index contributed by atoms with van der Waals surface area (Å²) in [5, 5.41) is 2.80. The number of benzene rings is 2. The molecule has 0 aromatic heterocycles. The van der Waals surface area contributed by atoms with Crippen molar-refractivity contribution in [1.82, 2.24) is 10.0 Å². The normalized spacial score (nSPS) is 13.5. The van der Waals surface area contributed by atoms with Crippen LogP contribution in [0.1, 0.15) is 25.5 Å². The van der Waals surface area contributed by atoms with E-state index in [0.717, 1.165) is 5.56 Å². The molecule has 0 saturated carbocycles. The molecule has 0 unspecified atom stereocenters. The van der Waals surface area contributed by atoms with Gasteiger partial charge in [-0.2, -0.15) is 4.72 Å². The Hall–Kier alpha value is -2.58. The summed E-state index contributed by atoms with van der Waals surface area (Å²) in [4.78, 5) is 12.4. The number of hydrogen-bond donors (Lipinski definition) is 2. The van der Waals surface area contributed by atoms with Gasteiger partial charge in [0.2, 0.25) is 15.9 Å². The first-order valence-corrected chi connectivity index (χ1v) is 9.86. The molecule has 2 N–H and O–H groups in total. The lowest BCUT2D eigenvalue weighted by Gasteiger charge is -2.19. The highest BCUT2D eigenvalue weighted by Crippen LogP contribution is 2.29. The highest BCUT2D eigenvalue weighted by Gasteiger charge is 2.24. The fourth-order valence-corrected chi connectivity index (χ4v) is 3.72. The number of carbonyl (C=O) groups excluding carboxylic acids is 1. The number of sulfonamides is 1. The van der Waals surface area contributed by atoms with E-state index in [2.05, 4.69) is 10.0 Å². The Labute approximate surface area is 159 Å². The maximum atomic E-state index is 12.6. The summed E-state index contributed by atoms with van der Waals surface area (Å²) >= 11 is 0. The number of hydrogen-bond acceptors (Lipinski definition) is 5. The zero-order chi connectivity index (χ0) is 20.0. The van der Waals surface area contributed by atoms with Gasteiger partial charge in [-0.1, -0.05) is 30.3 Å². The topological polar surface area (TPSA) is 93.7 Å². The van der Waals surface area contributed by atoms with Crippen LogP contribution in [0.5, 0.6) is 11.5 Å². The van der Waals surface area contributed by atoms with Gasteiger partial charge < -0.3 is 14.8 Å². The zero-order valence-electron chi connectivity index (χ0n) is 15.7. The van der Waals surface area contributed by atoms with E-state index >= 15 is 0 Å². The van der Waals surface area contributed by atoms with E-state index in [-0.39, 0.29) is 16.7 Å². The van der Waals surface area contributed by atoms with E-state index in [0.29, 0.717) is 5.75 Å². The van der Waals surface area contributed by atoms with Crippen molar-refractivity contribution in [3.8, 4) is 11.5 Å². The van der Waals surface area contributed by atoms with Gasteiger partial charge in [-0.15, -0.1) is 0 Å². The van der Waals surface area contributed by atoms with Crippen molar-refractivity contribution in [1.29, 1.82) is 0 Å². The number of rotatable bonds is 8. The molecule has 146 valence electrons. The first-order chi connectivity index (χ1) is 12.8. The minimum atomic E-state index is -3.91. The molecule has 0 aliphatic rings. The number of carbonyl (C=O) groups is 1. The Morgan fingerprint density at radius 2 is 1.59 bits per heavy atom. The summed E-state index contributed by atoms with van der Waals surface area (Å²) in [5.74, 6) is 0.282. The molecule has 7 nitrogen and oxygen atoms in total. The molecular weight excluding hydrogens is 368 g/mol. The maximum Gasteiger partial charge on any atom is 0.241 e. The zero-order valence-corrected chi connectivity index (χ0v) is 16.5. The minimum Gasteiger partial charge on any atom is -0.493 e. The lowest BCUT2D eigenvalue weighted by Crippen LogP contribution is -2.45. The van der Waals surface area contributed by atoms with Gasteiger partial charge in [-0.25, -0.2) is 8.42 Å². The maximum absolute atomic E-state index is 12.6. The van der Waals surface area contributed by atoms with Crippen molar-refractivity contribution < 1.29 is 22.7 Å². The summed E-state index contributed by atoms with van der Waals surface area (Å²) in [6.07, 6.45) is 0. The van der Waals surface area contributed by atoms with Crippen LogP contribution in [0.3, 0.4) is 0 Å². The van der Waals surface area contributed by atoms with Crippen LogP contribution < -0.4 is 19.5 Å². The number of amides is 1. The molecule has 2 atom stereocenters. The largest absolute Gasteiger partial charge is 0.493 e. The van der Waals surface area contributed by atoms with E-state index in [1.165, 1.54) is 39.3 Å². The summed E-state index contributed by atoms with van der Waals surface area (Å²) < 4.78 is 37.8. The average molecular weight is 392 g/mol. The molecule has 0 bridgehead atoms. The third-order valence-electron chi connectivity index (χ3n) is 4.05. The van der Waals surface area contributed by atoms with Crippen LogP contribution in [0.4, 0.5) is 0 Å². The second kappa shape index (κ2) is 8.88. The Morgan fingerprint density at radius 1 is 0.963 bits per heavy atom. The third kappa shape index (κ3) is 5.21. The first kappa shape index (κ1) is 20.7. The monoisotopic (exact) mass is 392 g/mol. The molecule has 0 aliphatic carbocycles. The SMILES string of the molecule is COc1ccc(S(=O)(=O)N[C@H](C)C(=O)N[C@H](C)c2ccccc2)cc1OC. The Kier molecular flexibility index (Phi) is 6.81. The molecule has 0 heterocycles. The number of ether oxygens (including phenoxy) is 2. The van der Waals surface area contributed by atoms with Crippen molar-refractivity contribution in [3.05, 3.63) is 54.1 Å². The van der Waals surface area contributed by atoms with Crippen molar-refractivity contribution in [3.63, 3.8) is 0 Å². The molecule has 2 aromatic rings. The van der Waals surface area contributed by atoms with Crippen LogP contribution in [0, 0.1) is 0 Å². The molecule has 0 spiro atoms. The molecular formula is C19H24N2O5S. The highest BCUT2D eigenvalue weighted by atomic mass is 32.2. The van der Waals surface area contributed by atoms with E-state index in [4.69, 9.17) is 9.47 Å². The number of methoxy groups -OCH3 is 2. The van der Waals surface area contributed by atoms with Crippen LogP contribution in [-0.2, 0) is 14.8 Å². The predicted octanol–water partition coefficient (Wildman–Crippen LogP) is 2.25. The van der Waals surface area contributed by atoms with E-state index in [1.54, 1.807) is 0 Å². The van der Waals surface area contributed by atoms with Gasteiger partial charge in [0.15, 0.2) is 11.5 Å². The predicted molar refractivity (Wildman–Crippen MR) is 102 cm³/mol. The molecule has 0 aliphatic heterocycles. The molecule has 1 amide bonds. The minimum absolute atomic E-state index is 0.0177. The summed E-state index contributed by atoms with van der Waals surface area (Å²) in [5.41, 5.74) is 0.931. The van der Waals surface area contributed by atoms with Crippen LogP contribution in [0.15, 0.2) is 53.4 Å². The van der Waals surface area contributed by atoms with Gasteiger partial charge >= 0.3 is 0 Å². The van der Waals surface area contributed by atoms with Gasteiger partial charge in [-0.05, 0) is 31.5 Å². The molecule has 2 aromatic carbocycles. The summed E-state index contributed by atoms with van der Waals surface area (Å²) in [6.45, 7) is 3.33. The molecule has 27 heavy (non-hydrogen) atoms. The van der Waals surface area contributed by atoms with Crippen molar-refractivity contribution in [2.45, 2.75) is 30.8 Å². The van der Waals surface area contributed by atoms with Crippen LogP contribution in [-0.4, -0.2) is 34.6 Å². The molecule has 0 saturated heterocycles. The first-order valence-electron chi connectivity index (χ1n) is 8.38. The van der Waals surface area contributed by atoms with E-state index in [1.807, 2.05) is 37.3 Å². The van der Waals surface area contributed by atoms with E-state index in [9.17, 15) is 13.2 Å². The quantitative estimate of drug-likeness (QED) is 0.719. The van der Waals surface area contributed by atoms with Crippen LogP contribution in [0.2, 0.25) is 0 Å². The summed E-state index contributed by atoms with van der Waals surface area (Å²) in [6, 6.07) is 12.5. The average Bonchev–Trinajstić information content (AvgIpc) is 2.67.